The molecule has 8 nitrogen and oxygen atoms in total. The number of benzene rings is 3. The van der Waals surface area contributed by atoms with Crippen LogP contribution in [-0.2, 0) is 22.7 Å². The second-order valence-corrected chi connectivity index (χ2v) is 10.8. The van der Waals surface area contributed by atoms with E-state index in [0.29, 0.717) is 39.2 Å². The molecule has 208 valence electrons. The van der Waals surface area contributed by atoms with Crippen LogP contribution in [0.3, 0.4) is 0 Å². The van der Waals surface area contributed by atoms with Crippen LogP contribution in [0.25, 0.3) is 10.9 Å². The average Bonchev–Trinajstić information content (AvgIpc) is 3.26. The van der Waals surface area contributed by atoms with E-state index in [-0.39, 0.29) is 30.2 Å². The van der Waals surface area contributed by atoms with E-state index in [4.69, 9.17) is 16.3 Å². The average molecular weight is 566 g/mol. The lowest BCUT2D eigenvalue weighted by molar-refractivity contribution is -0.134. The zero-order valence-corrected chi connectivity index (χ0v) is 23.0. The molecule has 3 aromatic carbocycles. The Hall–Kier alpha value is -4.37. The van der Waals surface area contributed by atoms with E-state index < -0.39 is 23.5 Å². The number of nitrogens with one attached hydrogen (secondary N) is 2. The molecule has 2 amide bonds. The van der Waals surface area contributed by atoms with Crippen LogP contribution < -0.4 is 10.1 Å². The number of H-pyrrole nitrogens is 1. The van der Waals surface area contributed by atoms with Crippen LogP contribution >= 0.6 is 11.6 Å². The molecule has 40 heavy (non-hydrogen) atoms. The van der Waals surface area contributed by atoms with Crippen LogP contribution in [0.5, 0.6) is 5.75 Å². The maximum absolute atomic E-state index is 13.9. The SMILES string of the molecule is CC(C)(C)NC(=O)C(c1c(C(=O)O)[nH]c2cc(Cl)ccc12)N(C=O)Cc1ccc(OCc2ccccc2F)cc1. The van der Waals surface area contributed by atoms with Crippen molar-refractivity contribution in [3.05, 3.63) is 100.0 Å². The first-order valence-electron chi connectivity index (χ1n) is 12.5. The number of carbonyl (C=O) groups is 3. The number of carboxylic acids is 1. The predicted molar refractivity (Wildman–Crippen MR) is 150 cm³/mol. The summed E-state index contributed by atoms with van der Waals surface area (Å²) in [6.07, 6.45) is 0.524. The number of aromatic carboxylic acids is 1. The number of hydrogen-bond acceptors (Lipinski definition) is 4. The number of fused-ring (bicyclic) bond motifs is 1. The van der Waals surface area contributed by atoms with Crippen molar-refractivity contribution >= 4 is 40.8 Å². The number of hydrogen-bond donors (Lipinski definition) is 3. The summed E-state index contributed by atoms with van der Waals surface area (Å²) in [6.45, 7) is 5.42. The van der Waals surface area contributed by atoms with Gasteiger partial charge in [-0.15, -0.1) is 0 Å². The number of aromatic amines is 1. The first-order chi connectivity index (χ1) is 19.0. The molecule has 1 unspecified atom stereocenters. The van der Waals surface area contributed by atoms with Crippen LogP contribution in [-0.4, -0.2) is 38.8 Å². The molecule has 3 N–H and O–H groups in total. The Balaban J connectivity index is 1.66. The molecule has 4 aromatic rings. The summed E-state index contributed by atoms with van der Waals surface area (Å²) in [5, 5.41) is 13.7. The smallest absolute Gasteiger partial charge is 0.352 e. The van der Waals surface area contributed by atoms with Crippen molar-refractivity contribution in [3.63, 3.8) is 0 Å². The normalized spacial score (nSPS) is 12.1. The van der Waals surface area contributed by atoms with Crippen molar-refractivity contribution in [1.82, 2.24) is 15.2 Å². The number of carboxylic acid groups (broad SMARTS) is 1. The minimum absolute atomic E-state index is 0.00134. The quantitative estimate of drug-likeness (QED) is 0.209. The first kappa shape index (κ1) is 28.6. The third-order valence-electron chi connectivity index (χ3n) is 6.14. The van der Waals surface area contributed by atoms with Crippen LogP contribution in [0.1, 0.15) is 54.0 Å². The molecule has 10 heteroatoms. The maximum Gasteiger partial charge on any atom is 0.352 e. The fraction of sp³-hybridized carbons (Fsp3) is 0.233. The summed E-state index contributed by atoms with van der Waals surface area (Å²) in [5.41, 5.74) is 0.794. The molecular weight excluding hydrogens is 537 g/mol. The highest BCUT2D eigenvalue weighted by Crippen LogP contribution is 2.34. The van der Waals surface area contributed by atoms with E-state index in [0.717, 1.165) is 0 Å². The van der Waals surface area contributed by atoms with Gasteiger partial charge in [-0.25, -0.2) is 9.18 Å². The molecular formula is C30H29ClFN3O5. The molecule has 0 spiro atoms. The van der Waals surface area contributed by atoms with Gasteiger partial charge in [0.1, 0.15) is 29.9 Å². The molecule has 0 bridgehead atoms. The van der Waals surface area contributed by atoms with Gasteiger partial charge in [0.05, 0.1) is 0 Å². The van der Waals surface area contributed by atoms with E-state index in [2.05, 4.69) is 10.3 Å². The van der Waals surface area contributed by atoms with E-state index in [9.17, 15) is 23.9 Å². The van der Waals surface area contributed by atoms with Gasteiger partial charge in [-0.3, -0.25) is 9.59 Å². The summed E-state index contributed by atoms with van der Waals surface area (Å²) in [6, 6.07) is 16.6. The van der Waals surface area contributed by atoms with Gasteiger partial charge >= 0.3 is 5.97 Å². The summed E-state index contributed by atoms with van der Waals surface area (Å²) >= 11 is 6.12. The largest absolute Gasteiger partial charge is 0.489 e. The van der Waals surface area contributed by atoms with Gasteiger partial charge in [0.2, 0.25) is 12.3 Å². The highest BCUT2D eigenvalue weighted by Gasteiger charge is 2.35. The third kappa shape index (κ3) is 6.60. The topological polar surface area (TPSA) is 112 Å². The molecule has 4 rings (SSSR count). The van der Waals surface area contributed by atoms with Gasteiger partial charge in [0.15, 0.2) is 0 Å². The number of rotatable bonds is 10. The van der Waals surface area contributed by atoms with Gasteiger partial charge in [0.25, 0.3) is 0 Å². The van der Waals surface area contributed by atoms with Crippen molar-refractivity contribution in [1.29, 1.82) is 0 Å². The van der Waals surface area contributed by atoms with Gasteiger partial charge in [0, 0.05) is 39.1 Å². The Morgan fingerprint density at radius 3 is 2.45 bits per heavy atom. The van der Waals surface area contributed by atoms with Crippen LogP contribution in [0, 0.1) is 5.82 Å². The fourth-order valence-electron chi connectivity index (χ4n) is 4.40. The Labute approximate surface area is 235 Å². The highest BCUT2D eigenvalue weighted by molar-refractivity contribution is 6.31. The second kappa shape index (κ2) is 11.8. The van der Waals surface area contributed by atoms with Gasteiger partial charge < -0.3 is 25.0 Å². The number of nitrogens with zero attached hydrogens (tertiary/aromatic N) is 1. The van der Waals surface area contributed by atoms with Crippen molar-refractivity contribution < 1.29 is 28.6 Å². The van der Waals surface area contributed by atoms with Crippen molar-refractivity contribution in [2.75, 3.05) is 0 Å². The minimum Gasteiger partial charge on any atom is -0.489 e. The predicted octanol–water partition coefficient (Wildman–Crippen LogP) is 5.85. The molecule has 1 aromatic heterocycles. The zero-order chi connectivity index (χ0) is 29.0. The molecule has 0 fully saturated rings. The van der Waals surface area contributed by atoms with Crippen LogP contribution in [0.4, 0.5) is 4.39 Å². The Kier molecular flexibility index (Phi) is 8.44. The number of amides is 2. The summed E-state index contributed by atoms with van der Waals surface area (Å²) in [5.74, 6) is -1.69. The van der Waals surface area contributed by atoms with Crippen molar-refractivity contribution in [2.24, 2.45) is 0 Å². The molecule has 1 heterocycles. The van der Waals surface area contributed by atoms with E-state index >= 15 is 0 Å². The molecule has 0 aliphatic carbocycles. The van der Waals surface area contributed by atoms with E-state index in [1.165, 1.54) is 11.0 Å². The fourth-order valence-corrected chi connectivity index (χ4v) is 4.57. The van der Waals surface area contributed by atoms with Gasteiger partial charge in [-0.1, -0.05) is 48.0 Å². The zero-order valence-electron chi connectivity index (χ0n) is 22.2. The lowest BCUT2D eigenvalue weighted by Gasteiger charge is -2.31. The number of carbonyl (C=O) groups excluding carboxylic acids is 2. The molecule has 0 aliphatic heterocycles. The Morgan fingerprint density at radius 2 is 1.82 bits per heavy atom. The molecule has 0 saturated carbocycles. The Bertz CT molecular complexity index is 1550. The number of halogens is 2. The van der Waals surface area contributed by atoms with E-state index in [1.807, 2.05) is 0 Å². The first-order valence-corrected chi connectivity index (χ1v) is 12.9. The summed E-state index contributed by atoms with van der Waals surface area (Å²) in [7, 11) is 0. The molecule has 0 aliphatic rings. The summed E-state index contributed by atoms with van der Waals surface area (Å²) in [4.78, 5) is 42.4. The standard InChI is InChI=1S/C30H29ClFN3O5/c1-30(2,3)34-28(37)27(25-22-13-10-20(31)14-24(22)33-26(25)29(38)39)35(17-36)15-18-8-11-21(12-9-18)40-16-19-6-4-5-7-23(19)32/h4-14,17,27,33H,15-16H2,1-3H3,(H,34,37)(H,38,39). The lowest BCUT2D eigenvalue weighted by Crippen LogP contribution is -2.47. The second-order valence-electron chi connectivity index (χ2n) is 10.4. The molecule has 0 radical (unpaired) electrons. The minimum atomic E-state index is -1.28. The molecule has 1 atom stereocenters. The lowest BCUT2D eigenvalue weighted by atomic mass is 9.98. The van der Waals surface area contributed by atoms with Crippen LogP contribution in [0.15, 0.2) is 66.7 Å². The molecule has 0 saturated heterocycles. The van der Waals surface area contributed by atoms with Crippen molar-refractivity contribution in [3.8, 4) is 5.75 Å². The van der Waals surface area contributed by atoms with Crippen LogP contribution in [0.2, 0.25) is 5.02 Å². The summed E-state index contributed by atoms with van der Waals surface area (Å²) < 4.78 is 19.6. The maximum atomic E-state index is 13.9. The van der Waals surface area contributed by atoms with Crippen molar-refractivity contribution in [2.45, 2.75) is 45.5 Å². The Morgan fingerprint density at radius 1 is 1.12 bits per heavy atom. The monoisotopic (exact) mass is 565 g/mol. The number of aromatic nitrogens is 1. The van der Waals surface area contributed by atoms with Gasteiger partial charge in [-0.05, 0) is 56.7 Å². The van der Waals surface area contributed by atoms with Gasteiger partial charge in [-0.2, -0.15) is 0 Å². The van der Waals surface area contributed by atoms with E-state index in [1.54, 1.807) is 81.4 Å². The number of ether oxygens (including phenoxy) is 1. The third-order valence-corrected chi connectivity index (χ3v) is 6.38. The highest BCUT2D eigenvalue weighted by atomic mass is 35.5.